The van der Waals surface area contributed by atoms with Gasteiger partial charge in [0.2, 0.25) is 5.91 Å². The van der Waals surface area contributed by atoms with Crippen LogP contribution in [0.3, 0.4) is 0 Å². The maximum atomic E-state index is 12.0. The molecule has 1 aliphatic rings. The zero-order valence-corrected chi connectivity index (χ0v) is 17.7. The lowest BCUT2D eigenvalue weighted by molar-refractivity contribution is -0.121. The number of piperazine rings is 1. The predicted molar refractivity (Wildman–Crippen MR) is 115 cm³/mol. The molecule has 0 aliphatic carbocycles. The molecule has 0 spiro atoms. The van der Waals surface area contributed by atoms with Crippen molar-refractivity contribution in [3.63, 3.8) is 0 Å². The second-order valence-corrected chi connectivity index (χ2v) is 7.01. The van der Waals surface area contributed by atoms with E-state index in [4.69, 9.17) is 4.74 Å². The van der Waals surface area contributed by atoms with Gasteiger partial charge >= 0.3 is 0 Å². The Labute approximate surface area is 169 Å². The third-order valence-corrected chi connectivity index (χ3v) is 4.96. The van der Waals surface area contributed by atoms with E-state index in [0.29, 0.717) is 13.0 Å². The Morgan fingerprint density at radius 1 is 1.21 bits per heavy atom. The normalized spacial score (nSPS) is 15.9. The number of methoxy groups -OCH3 is 1. The molecule has 1 heterocycles. The Kier molecular flexibility index (Phi) is 8.91. The van der Waals surface area contributed by atoms with Crippen LogP contribution in [0.1, 0.15) is 33.6 Å². The molecule has 1 aliphatic heterocycles. The highest BCUT2D eigenvalue weighted by Gasteiger charge is 2.21. The molecule has 2 N–H and O–H groups in total. The summed E-state index contributed by atoms with van der Waals surface area (Å²) in [7, 11) is 1.71. The van der Waals surface area contributed by atoms with Gasteiger partial charge in [-0.3, -0.25) is 9.79 Å². The van der Waals surface area contributed by atoms with Gasteiger partial charge in [-0.05, 0) is 32.4 Å². The second kappa shape index (κ2) is 11.4. The third-order valence-electron chi connectivity index (χ3n) is 4.96. The summed E-state index contributed by atoms with van der Waals surface area (Å²) in [4.78, 5) is 21.2. The number of nitrogens with zero attached hydrogens (tertiary/aromatic N) is 3. The van der Waals surface area contributed by atoms with Crippen LogP contribution in [0.2, 0.25) is 0 Å². The molecular weight excluding hydrogens is 354 g/mol. The summed E-state index contributed by atoms with van der Waals surface area (Å²) < 4.78 is 5.49. The first kappa shape index (κ1) is 21.9. The Hall–Kier alpha value is -2.44. The number of aliphatic imine (C=N–C) groups is 1. The molecule has 1 amide bonds. The molecule has 1 atom stereocenters. The summed E-state index contributed by atoms with van der Waals surface area (Å²) in [6.45, 7) is 11.0. The average molecular weight is 390 g/mol. The van der Waals surface area contributed by atoms with Crippen LogP contribution in [0, 0.1) is 0 Å². The number of para-hydroxylation sites is 2. The molecule has 0 bridgehead atoms. The van der Waals surface area contributed by atoms with Gasteiger partial charge in [0.15, 0.2) is 5.96 Å². The second-order valence-electron chi connectivity index (χ2n) is 7.01. The first-order chi connectivity index (χ1) is 13.6. The molecule has 1 fully saturated rings. The van der Waals surface area contributed by atoms with E-state index in [1.807, 2.05) is 25.1 Å². The summed E-state index contributed by atoms with van der Waals surface area (Å²) in [6.07, 6.45) is 1.36. The Balaban J connectivity index is 1.90. The van der Waals surface area contributed by atoms with Crippen molar-refractivity contribution in [3.8, 4) is 5.75 Å². The molecule has 0 radical (unpaired) electrons. The van der Waals surface area contributed by atoms with Crippen LogP contribution < -0.4 is 20.3 Å². The Bertz CT molecular complexity index is 641. The van der Waals surface area contributed by atoms with Crippen molar-refractivity contribution >= 4 is 17.6 Å². The van der Waals surface area contributed by atoms with Crippen LogP contribution in [-0.4, -0.2) is 69.2 Å². The Morgan fingerprint density at radius 3 is 2.57 bits per heavy atom. The lowest BCUT2D eigenvalue weighted by atomic mass is 10.2. The van der Waals surface area contributed by atoms with Gasteiger partial charge < -0.3 is 25.2 Å². The quantitative estimate of drug-likeness (QED) is 0.526. The number of nitrogens with one attached hydrogen (secondary N) is 2. The van der Waals surface area contributed by atoms with Crippen LogP contribution >= 0.6 is 0 Å². The van der Waals surface area contributed by atoms with E-state index >= 15 is 0 Å². The Morgan fingerprint density at radius 2 is 1.93 bits per heavy atom. The molecule has 1 saturated heterocycles. The smallest absolute Gasteiger partial charge is 0.222 e. The van der Waals surface area contributed by atoms with Crippen LogP contribution in [0.4, 0.5) is 5.69 Å². The van der Waals surface area contributed by atoms with Crippen molar-refractivity contribution in [2.45, 2.75) is 39.7 Å². The van der Waals surface area contributed by atoms with E-state index in [-0.39, 0.29) is 11.9 Å². The molecule has 0 saturated carbocycles. The molecule has 2 rings (SSSR count). The van der Waals surface area contributed by atoms with Crippen LogP contribution in [-0.2, 0) is 4.79 Å². The highest BCUT2D eigenvalue weighted by atomic mass is 16.5. The largest absolute Gasteiger partial charge is 0.495 e. The van der Waals surface area contributed by atoms with Gasteiger partial charge in [0.25, 0.3) is 0 Å². The lowest BCUT2D eigenvalue weighted by Gasteiger charge is -2.38. The summed E-state index contributed by atoms with van der Waals surface area (Å²) in [5.41, 5.74) is 1.13. The third kappa shape index (κ3) is 6.32. The molecule has 28 heavy (non-hydrogen) atoms. The van der Waals surface area contributed by atoms with Crippen molar-refractivity contribution in [2.75, 3.05) is 51.3 Å². The molecule has 156 valence electrons. The highest BCUT2D eigenvalue weighted by molar-refractivity contribution is 5.81. The minimum Gasteiger partial charge on any atom is -0.495 e. The predicted octanol–water partition coefficient (Wildman–Crippen LogP) is 2.09. The van der Waals surface area contributed by atoms with Gasteiger partial charge in [-0.25, -0.2) is 0 Å². The fourth-order valence-corrected chi connectivity index (χ4v) is 3.19. The van der Waals surface area contributed by atoms with E-state index < -0.39 is 0 Å². The molecule has 1 aromatic carbocycles. The molecule has 0 aromatic heterocycles. The van der Waals surface area contributed by atoms with Gasteiger partial charge in [-0.2, -0.15) is 0 Å². The SMILES string of the molecule is CCNC(=NCCC(=O)NC(C)CC)N1CCN(c2ccccc2OC)CC1. The van der Waals surface area contributed by atoms with Crippen molar-refractivity contribution in [1.29, 1.82) is 0 Å². The number of carbonyl (C=O) groups is 1. The van der Waals surface area contributed by atoms with Crippen LogP contribution in [0.25, 0.3) is 0 Å². The highest BCUT2D eigenvalue weighted by Crippen LogP contribution is 2.28. The number of hydrogen-bond donors (Lipinski definition) is 2. The lowest BCUT2D eigenvalue weighted by Crippen LogP contribution is -2.52. The fraction of sp³-hybridized carbons (Fsp3) is 0.619. The van der Waals surface area contributed by atoms with Gasteiger partial charge in [0.1, 0.15) is 5.75 Å². The minimum absolute atomic E-state index is 0.0648. The number of benzene rings is 1. The zero-order valence-electron chi connectivity index (χ0n) is 17.7. The number of rotatable bonds is 8. The molecule has 1 unspecified atom stereocenters. The average Bonchev–Trinajstić information content (AvgIpc) is 2.73. The van der Waals surface area contributed by atoms with E-state index in [2.05, 4.69) is 45.3 Å². The topological polar surface area (TPSA) is 69.2 Å². The van der Waals surface area contributed by atoms with Crippen molar-refractivity contribution in [3.05, 3.63) is 24.3 Å². The maximum Gasteiger partial charge on any atom is 0.222 e. The van der Waals surface area contributed by atoms with Gasteiger partial charge in [-0.1, -0.05) is 19.1 Å². The van der Waals surface area contributed by atoms with Crippen molar-refractivity contribution in [2.24, 2.45) is 4.99 Å². The summed E-state index contributed by atoms with van der Waals surface area (Å²) in [5.74, 6) is 1.86. The standard InChI is InChI=1S/C21H35N5O2/c1-5-17(3)24-20(27)11-12-23-21(22-6-2)26-15-13-25(14-16-26)18-9-7-8-10-19(18)28-4/h7-10,17H,5-6,11-16H2,1-4H3,(H,22,23)(H,24,27). The number of guanidine groups is 1. The maximum absolute atomic E-state index is 12.0. The monoisotopic (exact) mass is 389 g/mol. The van der Waals surface area contributed by atoms with Crippen molar-refractivity contribution in [1.82, 2.24) is 15.5 Å². The van der Waals surface area contributed by atoms with E-state index in [1.54, 1.807) is 7.11 Å². The number of anilines is 1. The summed E-state index contributed by atoms with van der Waals surface area (Å²) >= 11 is 0. The van der Waals surface area contributed by atoms with Gasteiger partial charge in [-0.15, -0.1) is 0 Å². The molecule has 7 heteroatoms. The molecular formula is C21H35N5O2. The number of ether oxygens (including phenoxy) is 1. The van der Waals surface area contributed by atoms with E-state index in [1.165, 1.54) is 0 Å². The number of carbonyl (C=O) groups excluding carboxylic acids is 1. The summed E-state index contributed by atoms with van der Waals surface area (Å²) in [6, 6.07) is 8.35. The van der Waals surface area contributed by atoms with E-state index in [0.717, 1.165) is 56.5 Å². The molecule has 1 aromatic rings. The zero-order chi connectivity index (χ0) is 20.4. The summed E-state index contributed by atoms with van der Waals surface area (Å²) in [5, 5.41) is 6.35. The number of hydrogen-bond acceptors (Lipinski definition) is 4. The van der Waals surface area contributed by atoms with Gasteiger partial charge in [0, 0.05) is 45.2 Å². The van der Waals surface area contributed by atoms with Gasteiger partial charge in [0.05, 0.1) is 19.3 Å². The van der Waals surface area contributed by atoms with Crippen LogP contribution in [0.15, 0.2) is 29.3 Å². The first-order valence-electron chi connectivity index (χ1n) is 10.3. The van der Waals surface area contributed by atoms with Crippen molar-refractivity contribution < 1.29 is 9.53 Å². The van der Waals surface area contributed by atoms with Crippen LogP contribution in [0.5, 0.6) is 5.75 Å². The fourth-order valence-electron chi connectivity index (χ4n) is 3.19. The van der Waals surface area contributed by atoms with E-state index in [9.17, 15) is 4.79 Å². The minimum atomic E-state index is 0.0648. The first-order valence-corrected chi connectivity index (χ1v) is 10.3. The molecule has 7 nitrogen and oxygen atoms in total. The number of amides is 1.